The van der Waals surface area contributed by atoms with Crippen molar-refractivity contribution in [2.45, 2.75) is 38.8 Å². The first-order chi connectivity index (χ1) is 6.68. The first kappa shape index (κ1) is 10.1. The molecule has 1 aliphatic heterocycles. The molecular formula is C10H16N2OS. The lowest BCUT2D eigenvalue weighted by Gasteiger charge is -2.28. The molecular weight excluding hydrogens is 196 g/mol. The molecule has 2 unspecified atom stereocenters. The number of hydrogen-bond acceptors (Lipinski definition) is 4. The maximum atomic E-state index is 6.04. The lowest BCUT2D eigenvalue weighted by atomic mass is 10.0. The van der Waals surface area contributed by atoms with Gasteiger partial charge in [0.25, 0.3) is 0 Å². The van der Waals surface area contributed by atoms with E-state index < -0.39 is 0 Å². The van der Waals surface area contributed by atoms with E-state index in [9.17, 15) is 0 Å². The normalized spacial score (nSPS) is 27.9. The Bertz CT molecular complexity index is 324. The first-order valence-corrected chi connectivity index (χ1v) is 5.81. The van der Waals surface area contributed by atoms with Crippen LogP contribution in [-0.2, 0) is 4.74 Å². The largest absolute Gasteiger partial charge is 0.371 e. The second kappa shape index (κ2) is 3.96. The Balaban J connectivity index is 2.24. The fourth-order valence-corrected chi connectivity index (χ4v) is 2.94. The van der Waals surface area contributed by atoms with E-state index in [4.69, 9.17) is 10.5 Å². The van der Waals surface area contributed by atoms with Crippen molar-refractivity contribution in [1.29, 1.82) is 0 Å². The topological polar surface area (TPSA) is 48.1 Å². The summed E-state index contributed by atoms with van der Waals surface area (Å²) in [6.07, 6.45) is 2.21. The average molecular weight is 212 g/mol. The Morgan fingerprint density at radius 3 is 2.86 bits per heavy atom. The minimum Gasteiger partial charge on any atom is -0.371 e. The third kappa shape index (κ3) is 1.82. The Labute approximate surface area is 88.3 Å². The van der Waals surface area contributed by atoms with Gasteiger partial charge in [0.1, 0.15) is 6.10 Å². The van der Waals surface area contributed by atoms with Crippen LogP contribution in [0.1, 0.15) is 34.5 Å². The van der Waals surface area contributed by atoms with Gasteiger partial charge in [0.15, 0.2) is 0 Å². The summed E-state index contributed by atoms with van der Waals surface area (Å²) in [5.41, 5.74) is 7.12. The van der Waals surface area contributed by atoms with Crippen LogP contribution < -0.4 is 5.73 Å². The SMILES string of the molecule is Cc1nc(C)c(C2OCCCC2N)s1. The van der Waals surface area contributed by atoms with Gasteiger partial charge in [-0.25, -0.2) is 4.98 Å². The van der Waals surface area contributed by atoms with Crippen LogP contribution in [0.2, 0.25) is 0 Å². The fraction of sp³-hybridized carbons (Fsp3) is 0.700. The smallest absolute Gasteiger partial charge is 0.109 e. The molecule has 2 atom stereocenters. The van der Waals surface area contributed by atoms with Crippen molar-refractivity contribution < 1.29 is 4.74 Å². The van der Waals surface area contributed by atoms with Crippen LogP contribution in [0.4, 0.5) is 0 Å². The molecule has 2 heterocycles. The molecule has 78 valence electrons. The van der Waals surface area contributed by atoms with Gasteiger partial charge in [0, 0.05) is 12.6 Å². The van der Waals surface area contributed by atoms with Gasteiger partial charge in [-0.15, -0.1) is 11.3 Å². The number of aryl methyl sites for hydroxylation is 2. The number of rotatable bonds is 1. The van der Waals surface area contributed by atoms with Gasteiger partial charge < -0.3 is 10.5 Å². The van der Waals surface area contributed by atoms with Gasteiger partial charge in [0.2, 0.25) is 0 Å². The van der Waals surface area contributed by atoms with Gasteiger partial charge in [-0.2, -0.15) is 0 Å². The molecule has 0 amide bonds. The highest BCUT2D eigenvalue weighted by Crippen LogP contribution is 2.33. The highest BCUT2D eigenvalue weighted by atomic mass is 32.1. The monoisotopic (exact) mass is 212 g/mol. The van der Waals surface area contributed by atoms with Gasteiger partial charge in [-0.1, -0.05) is 0 Å². The van der Waals surface area contributed by atoms with E-state index in [2.05, 4.69) is 4.98 Å². The molecule has 1 aliphatic rings. The van der Waals surface area contributed by atoms with Gasteiger partial charge in [-0.3, -0.25) is 0 Å². The van der Waals surface area contributed by atoms with Crippen molar-refractivity contribution in [3.05, 3.63) is 15.6 Å². The number of nitrogens with two attached hydrogens (primary N) is 1. The summed E-state index contributed by atoms with van der Waals surface area (Å²) in [5, 5.41) is 1.10. The zero-order valence-corrected chi connectivity index (χ0v) is 9.43. The van der Waals surface area contributed by atoms with Crippen molar-refractivity contribution >= 4 is 11.3 Å². The predicted molar refractivity (Wildman–Crippen MR) is 57.5 cm³/mol. The van der Waals surface area contributed by atoms with Crippen LogP contribution >= 0.6 is 11.3 Å². The van der Waals surface area contributed by atoms with E-state index in [1.807, 2.05) is 13.8 Å². The van der Waals surface area contributed by atoms with Crippen LogP contribution in [0, 0.1) is 13.8 Å². The molecule has 3 nitrogen and oxygen atoms in total. The quantitative estimate of drug-likeness (QED) is 0.774. The highest BCUT2D eigenvalue weighted by molar-refractivity contribution is 7.11. The van der Waals surface area contributed by atoms with Gasteiger partial charge in [0.05, 0.1) is 15.6 Å². The summed E-state index contributed by atoms with van der Waals surface area (Å²) >= 11 is 1.71. The summed E-state index contributed by atoms with van der Waals surface area (Å²) in [7, 11) is 0. The summed E-state index contributed by atoms with van der Waals surface area (Å²) in [4.78, 5) is 5.62. The van der Waals surface area contributed by atoms with E-state index in [1.165, 1.54) is 4.88 Å². The van der Waals surface area contributed by atoms with Gasteiger partial charge >= 0.3 is 0 Å². The lowest BCUT2D eigenvalue weighted by Crippen LogP contribution is -2.34. The number of thiazole rings is 1. The van der Waals surface area contributed by atoms with Crippen molar-refractivity contribution in [3.8, 4) is 0 Å². The van der Waals surface area contributed by atoms with Crippen LogP contribution in [-0.4, -0.2) is 17.6 Å². The highest BCUT2D eigenvalue weighted by Gasteiger charge is 2.27. The number of nitrogens with zero attached hydrogens (tertiary/aromatic N) is 1. The lowest BCUT2D eigenvalue weighted by molar-refractivity contribution is 0.00188. The van der Waals surface area contributed by atoms with Crippen molar-refractivity contribution in [2.75, 3.05) is 6.61 Å². The molecule has 0 aromatic carbocycles. The first-order valence-electron chi connectivity index (χ1n) is 4.99. The molecule has 1 saturated heterocycles. The van der Waals surface area contributed by atoms with Crippen LogP contribution in [0.3, 0.4) is 0 Å². The molecule has 0 bridgehead atoms. The average Bonchev–Trinajstić information content (AvgIpc) is 2.46. The van der Waals surface area contributed by atoms with Crippen molar-refractivity contribution in [2.24, 2.45) is 5.73 Å². The minimum atomic E-state index is 0.0787. The number of aromatic nitrogens is 1. The molecule has 1 aromatic rings. The molecule has 2 N–H and O–H groups in total. The Kier molecular flexibility index (Phi) is 2.85. The molecule has 2 rings (SSSR count). The molecule has 1 aromatic heterocycles. The Morgan fingerprint density at radius 1 is 1.50 bits per heavy atom. The molecule has 0 saturated carbocycles. The number of ether oxygens (including phenoxy) is 1. The Hall–Kier alpha value is -0.450. The second-order valence-electron chi connectivity index (χ2n) is 3.78. The summed E-state index contributed by atoms with van der Waals surface area (Å²) in [5.74, 6) is 0. The maximum Gasteiger partial charge on any atom is 0.109 e. The van der Waals surface area contributed by atoms with E-state index >= 15 is 0 Å². The molecule has 14 heavy (non-hydrogen) atoms. The fourth-order valence-electron chi connectivity index (χ4n) is 1.89. The molecule has 0 aliphatic carbocycles. The van der Waals surface area contributed by atoms with Crippen LogP contribution in [0.25, 0.3) is 0 Å². The summed E-state index contributed by atoms with van der Waals surface area (Å²) < 4.78 is 5.72. The third-order valence-corrected chi connectivity index (χ3v) is 3.70. The van der Waals surface area contributed by atoms with Crippen molar-refractivity contribution in [3.63, 3.8) is 0 Å². The van der Waals surface area contributed by atoms with Crippen molar-refractivity contribution in [1.82, 2.24) is 4.98 Å². The molecule has 4 heteroatoms. The zero-order valence-electron chi connectivity index (χ0n) is 8.62. The maximum absolute atomic E-state index is 6.04. The van der Waals surface area contributed by atoms with E-state index in [0.29, 0.717) is 0 Å². The van der Waals surface area contributed by atoms with Crippen LogP contribution in [0.5, 0.6) is 0 Å². The van der Waals surface area contributed by atoms with Crippen LogP contribution in [0.15, 0.2) is 0 Å². The summed E-state index contributed by atoms with van der Waals surface area (Å²) in [6, 6.07) is 0.141. The third-order valence-electron chi connectivity index (χ3n) is 2.57. The second-order valence-corrected chi connectivity index (χ2v) is 5.01. The molecule has 0 radical (unpaired) electrons. The number of hydrogen-bond donors (Lipinski definition) is 1. The van der Waals surface area contributed by atoms with E-state index in [-0.39, 0.29) is 12.1 Å². The van der Waals surface area contributed by atoms with Gasteiger partial charge in [-0.05, 0) is 26.7 Å². The van der Waals surface area contributed by atoms with E-state index in [0.717, 1.165) is 30.2 Å². The Morgan fingerprint density at radius 2 is 2.29 bits per heavy atom. The summed E-state index contributed by atoms with van der Waals surface area (Å²) in [6.45, 7) is 4.88. The standard InChI is InChI=1S/C10H16N2OS/c1-6-10(14-7(2)12-6)9-8(11)4-3-5-13-9/h8-9H,3-5,11H2,1-2H3. The predicted octanol–water partition coefficient (Wildman–Crippen LogP) is 1.94. The molecule has 0 spiro atoms. The minimum absolute atomic E-state index is 0.0787. The molecule has 1 fully saturated rings. The zero-order chi connectivity index (χ0) is 10.1. The van der Waals surface area contributed by atoms with E-state index in [1.54, 1.807) is 11.3 Å².